The molecule has 4 rings (SSSR count). The zero-order valence-corrected chi connectivity index (χ0v) is 13.8. The van der Waals surface area contributed by atoms with Gasteiger partial charge in [0.2, 0.25) is 0 Å². The summed E-state index contributed by atoms with van der Waals surface area (Å²) < 4.78 is 14.5. The second kappa shape index (κ2) is 6.52. The van der Waals surface area contributed by atoms with Gasteiger partial charge in [0.05, 0.1) is 6.20 Å². The third-order valence-electron chi connectivity index (χ3n) is 3.71. The Bertz CT molecular complexity index is 1090. The molecule has 0 atom stereocenters. The SMILES string of the molecule is O=c1[nH]c(SCc2cccc(F)c2)nc2c(-c3ccccc3)cnn12. The molecule has 2 aromatic carbocycles. The van der Waals surface area contributed by atoms with Gasteiger partial charge >= 0.3 is 5.69 Å². The Balaban J connectivity index is 1.70. The minimum atomic E-state index is -0.353. The molecule has 0 unspecified atom stereocenters. The molecule has 7 heteroatoms. The summed E-state index contributed by atoms with van der Waals surface area (Å²) in [6, 6.07) is 16.0. The first-order chi connectivity index (χ1) is 12.2. The summed E-state index contributed by atoms with van der Waals surface area (Å²) in [4.78, 5) is 19.5. The Labute approximate surface area is 146 Å². The number of aromatic nitrogens is 4. The lowest BCUT2D eigenvalue weighted by atomic mass is 10.1. The van der Waals surface area contributed by atoms with Crippen molar-refractivity contribution in [2.45, 2.75) is 10.9 Å². The van der Waals surface area contributed by atoms with Crippen LogP contribution in [0, 0.1) is 5.82 Å². The van der Waals surface area contributed by atoms with Gasteiger partial charge in [-0.1, -0.05) is 54.2 Å². The number of nitrogens with one attached hydrogen (secondary N) is 1. The van der Waals surface area contributed by atoms with E-state index in [1.165, 1.54) is 28.4 Å². The smallest absolute Gasteiger partial charge is 0.285 e. The molecule has 0 fully saturated rings. The molecule has 0 aliphatic heterocycles. The number of aromatic amines is 1. The highest BCUT2D eigenvalue weighted by Crippen LogP contribution is 2.24. The molecule has 0 amide bonds. The first kappa shape index (κ1) is 15.6. The van der Waals surface area contributed by atoms with Gasteiger partial charge in [0, 0.05) is 11.3 Å². The predicted molar refractivity (Wildman–Crippen MR) is 95.0 cm³/mol. The maximum Gasteiger partial charge on any atom is 0.350 e. The fourth-order valence-electron chi connectivity index (χ4n) is 2.53. The van der Waals surface area contributed by atoms with Crippen molar-refractivity contribution < 1.29 is 4.39 Å². The molecule has 2 aromatic heterocycles. The van der Waals surface area contributed by atoms with Crippen molar-refractivity contribution in [1.82, 2.24) is 19.6 Å². The highest BCUT2D eigenvalue weighted by molar-refractivity contribution is 7.98. The van der Waals surface area contributed by atoms with E-state index in [0.29, 0.717) is 16.6 Å². The lowest BCUT2D eigenvalue weighted by Crippen LogP contribution is -2.19. The first-order valence-electron chi connectivity index (χ1n) is 7.61. The molecule has 0 saturated heterocycles. The average molecular weight is 352 g/mol. The van der Waals surface area contributed by atoms with Gasteiger partial charge in [-0.2, -0.15) is 9.61 Å². The number of rotatable bonds is 4. The fourth-order valence-corrected chi connectivity index (χ4v) is 3.33. The monoisotopic (exact) mass is 352 g/mol. The third kappa shape index (κ3) is 3.18. The van der Waals surface area contributed by atoms with Gasteiger partial charge < -0.3 is 0 Å². The van der Waals surface area contributed by atoms with Crippen LogP contribution in [0.1, 0.15) is 5.56 Å². The molecule has 0 radical (unpaired) electrons. The predicted octanol–water partition coefficient (Wildman–Crippen LogP) is 3.52. The van der Waals surface area contributed by atoms with Crippen LogP contribution in [0.2, 0.25) is 0 Å². The molecule has 0 bridgehead atoms. The molecular weight excluding hydrogens is 339 g/mol. The summed E-state index contributed by atoms with van der Waals surface area (Å²) in [6.45, 7) is 0. The minimum Gasteiger partial charge on any atom is -0.285 e. The lowest BCUT2D eigenvalue weighted by molar-refractivity contribution is 0.626. The van der Waals surface area contributed by atoms with Crippen molar-refractivity contribution in [3.63, 3.8) is 0 Å². The largest absolute Gasteiger partial charge is 0.350 e. The number of halogens is 1. The van der Waals surface area contributed by atoms with Crippen LogP contribution in [-0.4, -0.2) is 19.6 Å². The standard InChI is InChI=1S/C18H13FN4OS/c19-14-8-4-5-12(9-14)11-25-17-21-16-15(13-6-2-1-3-7-13)10-20-23(16)18(24)22-17/h1-10H,11H2,(H,21,22,24). The Morgan fingerprint density at radius 3 is 2.76 bits per heavy atom. The molecule has 0 spiro atoms. The van der Waals surface area contributed by atoms with Gasteiger partial charge in [-0.25, -0.2) is 14.2 Å². The molecule has 1 N–H and O–H groups in total. The highest BCUT2D eigenvalue weighted by Gasteiger charge is 2.12. The molecule has 0 saturated carbocycles. The van der Waals surface area contributed by atoms with E-state index in [2.05, 4.69) is 15.1 Å². The van der Waals surface area contributed by atoms with Crippen LogP contribution in [0.15, 0.2) is 70.7 Å². The maximum atomic E-state index is 13.3. The maximum absolute atomic E-state index is 13.3. The molecule has 0 aliphatic rings. The van der Waals surface area contributed by atoms with E-state index >= 15 is 0 Å². The topological polar surface area (TPSA) is 63.0 Å². The fraction of sp³-hybridized carbons (Fsp3) is 0.0556. The molecule has 0 aliphatic carbocycles. The average Bonchev–Trinajstić information content (AvgIpc) is 3.05. The van der Waals surface area contributed by atoms with Crippen molar-refractivity contribution in [3.8, 4) is 11.1 Å². The van der Waals surface area contributed by atoms with Crippen molar-refractivity contribution in [3.05, 3.63) is 82.7 Å². The van der Waals surface area contributed by atoms with Gasteiger partial charge in [-0.15, -0.1) is 0 Å². The molecule has 5 nitrogen and oxygen atoms in total. The van der Waals surface area contributed by atoms with Gasteiger partial charge in [0.1, 0.15) is 5.82 Å². The van der Waals surface area contributed by atoms with Crippen molar-refractivity contribution in [2.75, 3.05) is 0 Å². The highest BCUT2D eigenvalue weighted by atomic mass is 32.2. The molecule has 124 valence electrons. The number of hydrogen-bond donors (Lipinski definition) is 1. The Hall–Kier alpha value is -2.93. The number of thioether (sulfide) groups is 1. The zero-order valence-electron chi connectivity index (χ0n) is 13.0. The van der Waals surface area contributed by atoms with Gasteiger partial charge in [0.25, 0.3) is 0 Å². The number of H-pyrrole nitrogens is 1. The summed E-state index contributed by atoms with van der Waals surface area (Å²) in [7, 11) is 0. The van der Waals surface area contributed by atoms with E-state index in [9.17, 15) is 9.18 Å². The van der Waals surface area contributed by atoms with Crippen LogP contribution in [0.25, 0.3) is 16.8 Å². The van der Waals surface area contributed by atoms with Crippen LogP contribution < -0.4 is 5.69 Å². The van der Waals surface area contributed by atoms with E-state index in [0.717, 1.165) is 16.7 Å². The van der Waals surface area contributed by atoms with Crippen molar-refractivity contribution in [2.24, 2.45) is 0 Å². The quantitative estimate of drug-likeness (QED) is 0.571. The minimum absolute atomic E-state index is 0.280. The summed E-state index contributed by atoms with van der Waals surface area (Å²) in [5.41, 5.74) is 2.70. The number of fused-ring (bicyclic) bond motifs is 1. The van der Waals surface area contributed by atoms with Crippen molar-refractivity contribution >= 4 is 17.4 Å². The van der Waals surface area contributed by atoms with Gasteiger partial charge in [0.15, 0.2) is 10.8 Å². The van der Waals surface area contributed by atoms with Gasteiger partial charge in [-0.3, -0.25) is 4.98 Å². The van der Waals surface area contributed by atoms with E-state index in [1.54, 1.807) is 12.3 Å². The zero-order chi connectivity index (χ0) is 17.2. The summed E-state index contributed by atoms with van der Waals surface area (Å²) in [5, 5.41) is 4.59. The number of benzene rings is 2. The van der Waals surface area contributed by atoms with Gasteiger partial charge in [-0.05, 0) is 23.3 Å². The second-order valence-corrected chi connectivity index (χ2v) is 6.39. The van der Waals surface area contributed by atoms with Crippen LogP contribution in [-0.2, 0) is 5.75 Å². The number of hydrogen-bond acceptors (Lipinski definition) is 4. The Morgan fingerprint density at radius 1 is 1.12 bits per heavy atom. The lowest BCUT2D eigenvalue weighted by Gasteiger charge is -2.03. The summed E-state index contributed by atoms with van der Waals surface area (Å²) in [5.74, 6) is 0.225. The normalized spacial score (nSPS) is 11.1. The molecule has 4 aromatic rings. The van der Waals surface area contributed by atoms with E-state index in [1.807, 2.05) is 36.4 Å². The summed E-state index contributed by atoms with van der Waals surface area (Å²) >= 11 is 1.34. The number of nitrogens with zero attached hydrogens (tertiary/aromatic N) is 3. The second-order valence-electron chi connectivity index (χ2n) is 5.43. The first-order valence-corrected chi connectivity index (χ1v) is 8.60. The van der Waals surface area contributed by atoms with E-state index < -0.39 is 0 Å². The van der Waals surface area contributed by atoms with Crippen LogP contribution in [0.5, 0.6) is 0 Å². The Kier molecular flexibility index (Phi) is 4.07. The van der Waals surface area contributed by atoms with Crippen LogP contribution in [0.4, 0.5) is 4.39 Å². The Morgan fingerprint density at radius 2 is 1.96 bits per heavy atom. The third-order valence-corrected chi connectivity index (χ3v) is 4.65. The molecule has 2 heterocycles. The molecule has 25 heavy (non-hydrogen) atoms. The summed E-state index contributed by atoms with van der Waals surface area (Å²) in [6.07, 6.45) is 1.63. The molecular formula is C18H13FN4OS. The van der Waals surface area contributed by atoms with Crippen LogP contribution in [0.3, 0.4) is 0 Å². The van der Waals surface area contributed by atoms with Crippen molar-refractivity contribution in [1.29, 1.82) is 0 Å². The van der Waals surface area contributed by atoms with E-state index in [4.69, 9.17) is 0 Å². The van der Waals surface area contributed by atoms with Crippen LogP contribution >= 0.6 is 11.8 Å². The van der Waals surface area contributed by atoms with E-state index in [-0.39, 0.29) is 11.5 Å².